The van der Waals surface area contributed by atoms with Crippen LogP contribution in [0.4, 0.5) is 0 Å². The Kier molecular flexibility index (Phi) is 9.57. The first kappa shape index (κ1) is 26.1. The molecule has 0 fully saturated rings. The molecule has 7 nitrogen and oxygen atoms in total. The van der Waals surface area contributed by atoms with Gasteiger partial charge in [0.25, 0.3) is 5.91 Å². The first-order chi connectivity index (χ1) is 16.8. The number of nitrogens with one attached hydrogen (secondary N) is 2. The van der Waals surface area contributed by atoms with E-state index in [1.807, 2.05) is 43.3 Å². The average Bonchev–Trinajstić information content (AvgIpc) is 2.86. The molecule has 0 saturated carbocycles. The molecule has 1 amide bonds. The summed E-state index contributed by atoms with van der Waals surface area (Å²) in [6.07, 6.45) is 0.511. The van der Waals surface area contributed by atoms with Crippen molar-refractivity contribution in [2.24, 2.45) is 0 Å². The van der Waals surface area contributed by atoms with Crippen LogP contribution in [0.5, 0.6) is 0 Å². The van der Waals surface area contributed by atoms with Crippen molar-refractivity contribution in [1.82, 2.24) is 10.0 Å². The van der Waals surface area contributed by atoms with E-state index in [-0.39, 0.29) is 23.8 Å². The maximum atomic E-state index is 12.2. The number of sulfonamides is 1. The fourth-order valence-electron chi connectivity index (χ4n) is 3.61. The molecule has 35 heavy (non-hydrogen) atoms. The molecule has 0 heterocycles. The molecule has 3 aromatic carbocycles. The number of hydrogen-bond acceptors (Lipinski definition) is 5. The minimum atomic E-state index is -3.71. The minimum absolute atomic E-state index is 0.119. The highest BCUT2D eigenvalue weighted by atomic mass is 32.2. The molecular formula is C27H30N2O5S. The fraction of sp³-hybridized carbons (Fsp3) is 0.259. The highest BCUT2D eigenvalue weighted by Gasteiger charge is 2.16. The molecule has 0 aliphatic heterocycles. The first-order valence-corrected chi connectivity index (χ1v) is 12.9. The lowest BCUT2D eigenvalue weighted by Crippen LogP contribution is -2.31. The molecule has 0 aliphatic carbocycles. The van der Waals surface area contributed by atoms with Crippen molar-refractivity contribution in [2.45, 2.75) is 30.6 Å². The summed E-state index contributed by atoms with van der Waals surface area (Å²) in [5.41, 5.74) is 3.27. The SMILES string of the molecule is Cc1ccc(S(=O)(=O)NCCC(=O)OCC(=O)NCCC(c2ccccc2)c2ccccc2)cc1. The van der Waals surface area contributed by atoms with E-state index >= 15 is 0 Å². The zero-order valence-electron chi connectivity index (χ0n) is 19.6. The van der Waals surface area contributed by atoms with Crippen LogP contribution in [0.3, 0.4) is 0 Å². The summed E-state index contributed by atoms with van der Waals surface area (Å²) in [5.74, 6) is -0.932. The third kappa shape index (κ3) is 8.35. The van der Waals surface area contributed by atoms with Crippen molar-refractivity contribution in [1.29, 1.82) is 0 Å². The molecule has 2 N–H and O–H groups in total. The van der Waals surface area contributed by atoms with Crippen molar-refractivity contribution >= 4 is 21.9 Å². The second-order valence-corrected chi connectivity index (χ2v) is 9.90. The summed E-state index contributed by atoms with van der Waals surface area (Å²) in [6, 6.07) is 26.5. The van der Waals surface area contributed by atoms with E-state index in [0.717, 1.165) is 16.7 Å². The zero-order valence-corrected chi connectivity index (χ0v) is 20.5. The molecule has 8 heteroatoms. The van der Waals surface area contributed by atoms with Crippen molar-refractivity contribution < 1.29 is 22.7 Å². The smallest absolute Gasteiger partial charge is 0.307 e. The Balaban J connectivity index is 1.39. The molecule has 0 radical (unpaired) electrons. The number of hydrogen-bond donors (Lipinski definition) is 2. The average molecular weight is 495 g/mol. The molecule has 0 bridgehead atoms. The maximum Gasteiger partial charge on any atom is 0.307 e. The Morgan fingerprint density at radius 3 is 1.97 bits per heavy atom. The highest BCUT2D eigenvalue weighted by Crippen LogP contribution is 2.27. The number of amides is 1. The summed E-state index contributed by atoms with van der Waals surface area (Å²) in [6.45, 7) is 1.75. The number of carbonyl (C=O) groups excluding carboxylic acids is 2. The number of esters is 1. The van der Waals surface area contributed by atoms with E-state index in [1.54, 1.807) is 12.1 Å². The van der Waals surface area contributed by atoms with E-state index in [4.69, 9.17) is 4.74 Å². The third-order valence-corrected chi connectivity index (χ3v) is 6.95. The van der Waals surface area contributed by atoms with Crippen molar-refractivity contribution in [2.75, 3.05) is 19.7 Å². The van der Waals surface area contributed by atoms with Crippen LogP contribution in [0.2, 0.25) is 0 Å². The number of ether oxygens (including phenoxy) is 1. The van der Waals surface area contributed by atoms with E-state index in [9.17, 15) is 18.0 Å². The first-order valence-electron chi connectivity index (χ1n) is 11.4. The van der Waals surface area contributed by atoms with Crippen LogP contribution in [-0.2, 0) is 24.3 Å². The second kappa shape index (κ2) is 12.8. The largest absolute Gasteiger partial charge is 0.456 e. The molecule has 0 unspecified atom stereocenters. The van der Waals surface area contributed by atoms with Gasteiger partial charge in [-0.15, -0.1) is 0 Å². The van der Waals surface area contributed by atoms with Crippen LogP contribution >= 0.6 is 0 Å². The molecule has 0 aromatic heterocycles. The standard InChI is InChI=1S/C27H30N2O5S/c1-21-12-14-24(15-13-21)35(32,33)29-19-17-27(31)34-20-26(30)28-18-16-25(22-8-4-2-5-9-22)23-10-6-3-7-11-23/h2-15,25,29H,16-20H2,1H3,(H,28,30). The van der Waals surface area contributed by atoms with Gasteiger partial charge in [-0.2, -0.15) is 0 Å². The zero-order chi connectivity index (χ0) is 25.1. The van der Waals surface area contributed by atoms with Gasteiger partial charge in [-0.1, -0.05) is 78.4 Å². The summed E-state index contributed by atoms with van der Waals surface area (Å²) in [5, 5.41) is 2.79. The third-order valence-electron chi connectivity index (χ3n) is 5.48. The van der Waals surface area contributed by atoms with Gasteiger partial charge in [-0.05, 0) is 36.6 Å². The van der Waals surface area contributed by atoms with Crippen LogP contribution in [0.1, 0.15) is 35.4 Å². The van der Waals surface area contributed by atoms with Gasteiger partial charge in [0.1, 0.15) is 0 Å². The molecule has 184 valence electrons. The van der Waals surface area contributed by atoms with Gasteiger partial charge in [-0.3, -0.25) is 9.59 Å². The van der Waals surface area contributed by atoms with Crippen molar-refractivity contribution in [3.63, 3.8) is 0 Å². The van der Waals surface area contributed by atoms with Crippen LogP contribution < -0.4 is 10.0 Å². The molecule has 3 aromatic rings. The van der Waals surface area contributed by atoms with Crippen molar-refractivity contribution in [3.8, 4) is 0 Å². The summed E-state index contributed by atoms with van der Waals surface area (Å²) in [4.78, 5) is 24.2. The molecule has 3 rings (SSSR count). The Hall–Kier alpha value is -3.49. The highest BCUT2D eigenvalue weighted by molar-refractivity contribution is 7.89. The van der Waals surface area contributed by atoms with Gasteiger partial charge in [0.05, 0.1) is 11.3 Å². The normalized spacial score (nSPS) is 11.3. The molecule has 0 atom stereocenters. The molecule has 0 spiro atoms. The lowest BCUT2D eigenvalue weighted by Gasteiger charge is -2.18. The van der Waals surface area contributed by atoms with E-state index in [0.29, 0.717) is 13.0 Å². The lowest BCUT2D eigenvalue weighted by molar-refractivity contribution is -0.148. The molecular weight excluding hydrogens is 464 g/mol. The van der Waals surface area contributed by atoms with Crippen molar-refractivity contribution in [3.05, 3.63) is 102 Å². The quantitative estimate of drug-likeness (QED) is 0.375. The van der Waals surface area contributed by atoms with Gasteiger partial charge in [0, 0.05) is 19.0 Å². The van der Waals surface area contributed by atoms with E-state index in [1.165, 1.54) is 12.1 Å². The van der Waals surface area contributed by atoms with E-state index < -0.39 is 28.5 Å². The Labute approximate surface area is 206 Å². The minimum Gasteiger partial charge on any atom is -0.456 e. The predicted octanol–water partition coefficient (Wildman–Crippen LogP) is 3.55. The summed E-state index contributed by atoms with van der Waals surface area (Å²) >= 11 is 0. The van der Waals surface area contributed by atoms with Crippen LogP contribution in [0.25, 0.3) is 0 Å². The van der Waals surface area contributed by atoms with Crippen LogP contribution in [-0.4, -0.2) is 40.0 Å². The van der Waals surface area contributed by atoms with E-state index in [2.05, 4.69) is 34.3 Å². The predicted molar refractivity (Wildman–Crippen MR) is 134 cm³/mol. The topological polar surface area (TPSA) is 102 Å². The van der Waals surface area contributed by atoms with Gasteiger partial charge in [0.2, 0.25) is 10.0 Å². The fourth-order valence-corrected chi connectivity index (χ4v) is 4.64. The lowest BCUT2D eigenvalue weighted by atomic mass is 9.88. The van der Waals surface area contributed by atoms with Gasteiger partial charge in [-0.25, -0.2) is 13.1 Å². The van der Waals surface area contributed by atoms with Gasteiger partial charge in [0.15, 0.2) is 6.61 Å². The molecule has 0 saturated heterocycles. The summed E-state index contributed by atoms with van der Waals surface area (Å²) < 4.78 is 31.8. The number of benzene rings is 3. The molecule has 0 aliphatic rings. The Morgan fingerprint density at radius 2 is 1.40 bits per heavy atom. The number of rotatable bonds is 12. The van der Waals surface area contributed by atoms with Crippen LogP contribution in [0.15, 0.2) is 89.8 Å². The second-order valence-electron chi connectivity index (χ2n) is 8.13. The Bertz CT molecular complexity index is 1160. The number of aryl methyl sites for hydroxylation is 1. The summed E-state index contributed by atoms with van der Waals surface area (Å²) in [7, 11) is -3.71. The van der Waals surface area contributed by atoms with Crippen LogP contribution in [0, 0.1) is 6.92 Å². The maximum absolute atomic E-state index is 12.2. The monoisotopic (exact) mass is 494 g/mol. The number of carbonyl (C=O) groups is 2. The Morgan fingerprint density at radius 1 is 0.829 bits per heavy atom. The van der Waals surface area contributed by atoms with Gasteiger partial charge < -0.3 is 10.1 Å². The van der Waals surface area contributed by atoms with Gasteiger partial charge >= 0.3 is 5.97 Å².